The summed E-state index contributed by atoms with van der Waals surface area (Å²) in [6, 6.07) is 0. The third kappa shape index (κ3) is 15.9. The summed E-state index contributed by atoms with van der Waals surface area (Å²) < 4.78 is 25.7. The van der Waals surface area contributed by atoms with Crippen molar-refractivity contribution < 1.29 is 7.56 Å². The summed E-state index contributed by atoms with van der Waals surface area (Å²) >= 11 is -6.16. The van der Waals surface area contributed by atoms with Gasteiger partial charge in [0.25, 0.3) is 0 Å². The number of hydrogen-bond acceptors (Lipinski definition) is 3. The van der Waals surface area contributed by atoms with Gasteiger partial charge in [0.05, 0.1) is 0 Å². The molecule has 0 spiro atoms. The van der Waals surface area contributed by atoms with Crippen LogP contribution in [0.4, 0.5) is 0 Å². The standard InChI is InChI=1S/2C7H15O.2C4H9.2C2H5.O.2Sn/c2*1-2-3-4-5-6-7-8;2*1-3-4-2;2*1-2;;;/h2*2-7H2,1H3;2*1,3-4H2,2H3;2*1H2,2H3;;;/q2*-1;;;;;;2*+1. The molecule has 188 valence electrons. The van der Waals surface area contributed by atoms with Crippen LogP contribution in [0.2, 0.25) is 17.7 Å². The van der Waals surface area contributed by atoms with Gasteiger partial charge in [-0.05, 0) is 0 Å². The molecule has 0 rings (SSSR count). The summed E-state index contributed by atoms with van der Waals surface area (Å²) in [5.74, 6) is 0. The summed E-state index contributed by atoms with van der Waals surface area (Å²) in [6.07, 6.45) is 18.0. The first kappa shape index (κ1) is 32.5. The molecule has 0 aliphatic heterocycles. The van der Waals surface area contributed by atoms with E-state index in [1.807, 2.05) is 0 Å². The van der Waals surface area contributed by atoms with Crippen molar-refractivity contribution in [2.45, 2.75) is 149 Å². The van der Waals surface area contributed by atoms with Gasteiger partial charge in [-0.15, -0.1) is 0 Å². The van der Waals surface area contributed by atoms with E-state index in [1.54, 1.807) is 0 Å². The van der Waals surface area contributed by atoms with Gasteiger partial charge in [-0.1, -0.05) is 0 Å². The van der Waals surface area contributed by atoms with Crippen molar-refractivity contribution in [1.29, 1.82) is 0 Å². The van der Waals surface area contributed by atoms with E-state index in [2.05, 4.69) is 41.5 Å². The third-order valence-electron chi connectivity index (χ3n) is 6.50. The second-order valence-electron chi connectivity index (χ2n) is 9.36. The Morgan fingerprint density at radius 3 is 1.10 bits per heavy atom. The average Bonchev–Trinajstić information content (AvgIpc) is 2.80. The summed E-state index contributed by atoms with van der Waals surface area (Å²) in [7, 11) is 0. The Hall–Kier alpha value is 1.48. The summed E-state index contributed by atoms with van der Waals surface area (Å²) in [6.45, 7) is 15.7. The number of hydrogen-bond donors (Lipinski definition) is 0. The minimum atomic E-state index is -3.08. The van der Waals surface area contributed by atoms with Gasteiger partial charge in [0, 0.05) is 0 Å². The molecule has 0 aliphatic rings. The molecule has 0 aromatic rings. The SMILES string of the molecule is CCCCCCC[O][Sn]([CH2]C)([CH2]CCC)[O][Sn]([CH2]C)([CH2]CCC)[O]CCCCCCC. The molecule has 0 N–H and O–H groups in total. The van der Waals surface area contributed by atoms with Gasteiger partial charge in [0.2, 0.25) is 0 Å². The molecule has 0 aromatic heterocycles. The minimum absolute atomic E-state index is 0.924. The fourth-order valence-corrected chi connectivity index (χ4v) is 44.6. The molecule has 0 aliphatic carbocycles. The zero-order valence-corrected chi connectivity index (χ0v) is 28.1. The van der Waals surface area contributed by atoms with Crippen LogP contribution >= 0.6 is 0 Å². The summed E-state index contributed by atoms with van der Waals surface area (Å²) in [5.41, 5.74) is 0. The number of rotatable bonds is 24. The second kappa shape index (κ2) is 22.0. The fourth-order valence-electron chi connectivity index (χ4n) is 4.17. The maximum atomic E-state index is 7.36. The van der Waals surface area contributed by atoms with Crippen molar-refractivity contribution in [3.8, 4) is 0 Å². The average molecular weight is 656 g/mol. The van der Waals surface area contributed by atoms with Crippen molar-refractivity contribution in [3.05, 3.63) is 0 Å². The van der Waals surface area contributed by atoms with Crippen molar-refractivity contribution in [2.24, 2.45) is 0 Å². The van der Waals surface area contributed by atoms with Crippen LogP contribution in [0.3, 0.4) is 0 Å². The molecule has 0 aromatic carbocycles. The first-order valence-electron chi connectivity index (χ1n) is 14.1. The zero-order chi connectivity index (χ0) is 23.3. The molecule has 0 bridgehead atoms. The summed E-state index contributed by atoms with van der Waals surface area (Å²) in [5, 5.41) is 0. The van der Waals surface area contributed by atoms with E-state index in [-0.39, 0.29) is 0 Å². The summed E-state index contributed by atoms with van der Waals surface area (Å²) in [4.78, 5) is 0. The maximum absolute atomic E-state index is 7.36. The topological polar surface area (TPSA) is 27.7 Å². The van der Waals surface area contributed by atoms with Gasteiger partial charge in [-0.2, -0.15) is 0 Å². The Morgan fingerprint density at radius 2 is 0.774 bits per heavy atom. The Labute approximate surface area is 207 Å². The van der Waals surface area contributed by atoms with E-state index in [9.17, 15) is 0 Å². The Balaban J connectivity index is 5.10. The second-order valence-corrected chi connectivity index (χ2v) is 32.8. The molecule has 3 nitrogen and oxygen atoms in total. The van der Waals surface area contributed by atoms with Gasteiger partial charge in [0.15, 0.2) is 0 Å². The van der Waals surface area contributed by atoms with E-state index in [0.717, 1.165) is 22.1 Å². The molecule has 2 unspecified atom stereocenters. The Morgan fingerprint density at radius 1 is 0.419 bits per heavy atom. The van der Waals surface area contributed by atoms with Crippen molar-refractivity contribution in [2.75, 3.05) is 13.2 Å². The van der Waals surface area contributed by atoms with Crippen LogP contribution in [0, 0.1) is 0 Å². The van der Waals surface area contributed by atoms with Crippen molar-refractivity contribution in [3.63, 3.8) is 0 Å². The van der Waals surface area contributed by atoms with Gasteiger partial charge >= 0.3 is 208 Å². The molecule has 0 radical (unpaired) electrons. The zero-order valence-electron chi connectivity index (χ0n) is 22.4. The van der Waals surface area contributed by atoms with E-state index in [1.165, 1.54) is 98.8 Å². The molecular weight excluding hydrogens is 598 g/mol. The van der Waals surface area contributed by atoms with Crippen LogP contribution in [0.25, 0.3) is 0 Å². The van der Waals surface area contributed by atoms with E-state index < -0.39 is 38.4 Å². The molecule has 2 atom stereocenters. The molecule has 31 heavy (non-hydrogen) atoms. The van der Waals surface area contributed by atoms with E-state index in [0.29, 0.717) is 0 Å². The van der Waals surface area contributed by atoms with Crippen molar-refractivity contribution >= 4 is 38.4 Å². The first-order chi connectivity index (χ1) is 15.1. The molecular formula is C26H58O3Sn2. The van der Waals surface area contributed by atoms with Crippen LogP contribution < -0.4 is 0 Å². The van der Waals surface area contributed by atoms with E-state index >= 15 is 0 Å². The van der Waals surface area contributed by atoms with Crippen LogP contribution in [0.1, 0.15) is 131 Å². The Kier molecular flexibility index (Phi) is 23.0. The van der Waals surface area contributed by atoms with Gasteiger partial charge < -0.3 is 0 Å². The molecule has 0 fully saturated rings. The fraction of sp³-hybridized carbons (Fsp3) is 1.00. The van der Waals surface area contributed by atoms with Gasteiger partial charge in [-0.25, -0.2) is 0 Å². The van der Waals surface area contributed by atoms with Crippen LogP contribution in [-0.2, 0) is 7.56 Å². The predicted octanol–water partition coefficient (Wildman–Crippen LogP) is 9.50. The normalized spacial score (nSPS) is 15.7. The van der Waals surface area contributed by atoms with E-state index in [4.69, 9.17) is 7.56 Å². The molecule has 0 amide bonds. The van der Waals surface area contributed by atoms with Crippen LogP contribution in [0.5, 0.6) is 0 Å². The third-order valence-corrected chi connectivity index (χ3v) is 39.6. The predicted molar refractivity (Wildman–Crippen MR) is 142 cm³/mol. The molecule has 0 saturated carbocycles. The van der Waals surface area contributed by atoms with Crippen molar-refractivity contribution in [1.82, 2.24) is 0 Å². The first-order valence-corrected chi connectivity index (χ1v) is 26.8. The molecule has 5 heteroatoms. The van der Waals surface area contributed by atoms with Crippen LogP contribution in [-0.4, -0.2) is 51.6 Å². The Bertz CT molecular complexity index is 350. The van der Waals surface area contributed by atoms with Crippen LogP contribution in [0.15, 0.2) is 0 Å². The molecule has 0 heterocycles. The quantitative estimate of drug-likeness (QED) is 0.0766. The number of unbranched alkanes of at least 4 members (excludes halogenated alkanes) is 10. The van der Waals surface area contributed by atoms with Gasteiger partial charge in [0.1, 0.15) is 0 Å². The molecule has 0 saturated heterocycles. The van der Waals surface area contributed by atoms with Gasteiger partial charge in [-0.3, -0.25) is 0 Å². The monoisotopic (exact) mass is 658 g/mol.